The van der Waals surface area contributed by atoms with Crippen LogP contribution in [0.3, 0.4) is 0 Å². The minimum atomic E-state index is -1.23. The van der Waals surface area contributed by atoms with Crippen molar-refractivity contribution in [3.63, 3.8) is 0 Å². The Labute approximate surface area is 335 Å². The van der Waals surface area contributed by atoms with Crippen molar-refractivity contribution in [1.29, 1.82) is 0 Å². The summed E-state index contributed by atoms with van der Waals surface area (Å²) in [5.41, 5.74) is 0.930. The topological polar surface area (TPSA) is 164 Å². The number of carbonyl (C=O) groups is 5. The zero-order valence-electron chi connectivity index (χ0n) is 33.0. The molecule has 2 aromatic carbocycles. The molecule has 1 saturated carbocycles. The molecule has 13 nitrogen and oxygen atoms in total. The van der Waals surface area contributed by atoms with Crippen LogP contribution in [0.15, 0.2) is 76.4 Å². The van der Waals surface area contributed by atoms with Crippen molar-refractivity contribution in [3.05, 3.63) is 93.9 Å². The standard InChI is InChI=1S/C21H30N2O7S.C20H18N2O2S/c1-8-28-15(25)21(10-9-13(24)11-21)14-12-31-16(22-14)23(17(26)29-19(2,3)4)18(27)30-20(5,6)7;1-2-24-18(23)13-17-14-25-20(21-17)22-19(15-9-5-3-6-10-15)16-11-7-4-8-12-16/h12H,8-11H2,1-7H3;3-12,14H,2,13H2,1H3. The molecule has 56 heavy (non-hydrogen) atoms. The minimum absolute atomic E-state index is 0.0125. The number of amides is 2. The van der Waals surface area contributed by atoms with Crippen molar-refractivity contribution in [1.82, 2.24) is 9.97 Å². The third kappa shape index (κ3) is 12.1. The van der Waals surface area contributed by atoms with E-state index in [4.69, 9.17) is 23.9 Å². The Hall–Kier alpha value is -5.28. The van der Waals surface area contributed by atoms with Crippen molar-refractivity contribution < 1.29 is 42.9 Å². The molecule has 0 spiro atoms. The zero-order valence-corrected chi connectivity index (χ0v) is 34.6. The largest absolute Gasteiger partial charge is 0.466 e. The number of Topliss-reactive ketones (excluding diaryl/α,β-unsaturated/α-hetero) is 1. The van der Waals surface area contributed by atoms with Gasteiger partial charge in [-0.1, -0.05) is 60.7 Å². The predicted molar refractivity (Wildman–Crippen MR) is 215 cm³/mol. The van der Waals surface area contributed by atoms with E-state index in [1.54, 1.807) is 60.8 Å². The number of benzene rings is 2. The molecule has 0 radical (unpaired) electrons. The third-order valence-corrected chi connectivity index (χ3v) is 9.40. The van der Waals surface area contributed by atoms with Crippen molar-refractivity contribution in [2.45, 2.75) is 97.7 Å². The van der Waals surface area contributed by atoms with Gasteiger partial charge in [0.25, 0.3) is 0 Å². The van der Waals surface area contributed by atoms with Gasteiger partial charge in [0, 0.05) is 34.7 Å². The predicted octanol–water partition coefficient (Wildman–Crippen LogP) is 8.79. The van der Waals surface area contributed by atoms with Gasteiger partial charge in [-0.3, -0.25) is 14.4 Å². The second-order valence-electron chi connectivity index (χ2n) is 14.6. The van der Waals surface area contributed by atoms with Crippen LogP contribution in [0.25, 0.3) is 0 Å². The summed E-state index contributed by atoms with van der Waals surface area (Å²) in [6.07, 6.45) is -1.27. The number of thiazole rings is 2. The molecule has 4 aromatic rings. The molecule has 2 aromatic heterocycles. The summed E-state index contributed by atoms with van der Waals surface area (Å²) in [7, 11) is 0. The van der Waals surface area contributed by atoms with Gasteiger partial charge in [0.1, 0.15) is 22.4 Å². The fourth-order valence-corrected chi connectivity index (χ4v) is 7.03. The Bertz CT molecular complexity index is 1950. The Morgan fingerprint density at radius 2 is 1.34 bits per heavy atom. The van der Waals surface area contributed by atoms with Gasteiger partial charge in [-0.15, -0.1) is 22.7 Å². The number of esters is 2. The van der Waals surface area contributed by atoms with E-state index in [1.807, 2.05) is 66.0 Å². The van der Waals surface area contributed by atoms with Gasteiger partial charge in [0.2, 0.25) is 10.3 Å². The maximum atomic E-state index is 12.8. The molecule has 298 valence electrons. The van der Waals surface area contributed by atoms with Crippen LogP contribution in [-0.4, -0.2) is 70.0 Å². The summed E-state index contributed by atoms with van der Waals surface area (Å²) in [5, 5.41) is 4.03. The Morgan fingerprint density at radius 3 is 1.82 bits per heavy atom. The zero-order chi connectivity index (χ0) is 41.1. The summed E-state index contributed by atoms with van der Waals surface area (Å²) in [6, 6.07) is 20.0. The van der Waals surface area contributed by atoms with Crippen LogP contribution in [0.5, 0.6) is 0 Å². The average molecular weight is 805 g/mol. The lowest BCUT2D eigenvalue weighted by Gasteiger charge is -2.27. The first kappa shape index (κ1) is 43.4. The van der Waals surface area contributed by atoms with Crippen LogP contribution >= 0.6 is 22.7 Å². The highest BCUT2D eigenvalue weighted by atomic mass is 32.1. The molecule has 1 aliphatic rings. The number of aromatic nitrogens is 2. The SMILES string of the molecule is CCOC(=O)C1(c2csc(N(C(=O)OC(C)(C)C)C(=O)OC(C)(C)C)n2)CCC(=O)C1.CCOC(=O)Cc1csc(N=C(c2ccccc2)c2ccccc2)n1. The van der Waals surface area contributed by atoms with Gasteiger partial charge >= 0.3 is 24.1 Å². The van der Waals surface area contributed by atoms with Crippen molar-refractivity contribution in [3.8, 4) is 0 Å². The number of imide groups is 1. The molecule has 1 unspecified atom stereocenters. The Morgan fingerprint density at radius 1 is 0.786 bits per heavy atom. The van der Waals surface area contributed by atoms with E-state index in [2.05, 4.69) is 9.97 Å². The summed E-state index contributed by atoms with van der Waals surface area (Å²) in [4.78, 5) is 76.3. The third-order valence-electron chi connectivity index (χ3n) is 7.79. The van der Waals surface area contributed by atoms with Gasteiger partial charge in [0.15, 0.2) is 0 Å². The number of ketones is 1. The van der Waals surface area contributed by atoms with Crippen LogP contribution in [-0.2, 0) is 45.2 Å². The molecule has 1 aliphatic carbocycles. The summed E-state index contributed by atoms with van der Waals surface area (Å²) >= 11 is 2.40. The maximum absolute atomic E-state index is 12.8. The summed E-state index contributed by atoms with van der Waals surface area (Å²) < 4.78 is 20.9. The maximum Gasteiger partial charge on any atom is 0.426 e. The highest BCUT2D eigenvalue weighted by Gasteiger charge is 2.50. The number of hydrogen-bond acceptors (Lipinski definition) is 14. The number of carbonyl (C=O) groups excluding carboxylic acids is 5. The van der Waals surface area contributed by atoms with Gasteiger partial charge in [-0.05, 0) is 61.8 Å². The van der Waals surface area contributed by atoms with E-state index in [1.165, 1.54) is 11.3 Å². The molecule has 5 rings (SSSR count). The van der Waals surface area contributed by atoms with Gasteiger partial charge in [-0.2, -0.15) is 4.90 Å². The van der Waals surface area contributed by atoms with Crippen molar-refractivity contribution >= 4 is 68.6 Å². The van der Waals surface area contributed by atoms with E-state index in [-0.39, 0.29) is 54.9 Å². The summed E-state index contributed by atoms with van der Waals surface area (Å²) in [5.74, 6) is -0.882. The number of aliphatic imine (C=N–C) groups is 1. The molecule has 0 bridgehead atoms. The van der Waals surface area contributed by atoms with Crippen LogP contribution < -0.4 is 4.90 Å². The lowest BCUT2D eigenvalue weighted by molar-refractivity contribution is -0.150. The number of ether oxygens (including phenoxy) is 4. The van der Waals surface area contributed by atoms with E-state index < -0.39 is 34.8 Å². The Kier molecular flexibility index (Phi) is 14.8. The quantitative estimate of drug-likeness (QED) is 0.0855. The number of anilines is 1. The highest BCUT2D eigenvalue weighted by Crippen LogP contribution is 2.42. The summed E-state index contributed by atoms with van der Waals surface area (Å²) in [6.45, 7) is 14.0. The smallest absolute Gasteiger partial charge is 0.426 e. The van der Waals surface area contributed by atoms with Gasteiger partial charge < -0.3 is 18.9 Å². The minimum Gasteiger partial charge on any atom is -0.466 e. The first-order chi connectivity index (χ1) is 26.4. The molecular weight excluding hydrogens is 757 g/mol. The van der Waals surface area contributed by atoms with Crippen molar-refractivity contribution in [2.24, 2.45) is 4.99 Å². The molecule has 1 fully saturated rings. The number of nitrogens with zero attached hydrogens (tertiary/aromatic N) is 4. The lowest BCUT2D eigenvalue weighted by Crippen LogP contribution is -2.44. The van der Waals surface area contributed by atoms with Crippen LogP contribution in [0.2, 0.25) is 0 Å². The van der Waals surface area contributed by atoms with Crippen LogP contribution in [0.1, 0.15) is 97.2 Å². The lowest BCUT2D eigenvalue weighted by atomic mass is 9.83. The molecule has 1 atom stereocenters. The molecule has 15 heteroatoms. The fourth-order valence-electron chi connectivity index (χ4n) is 5.44. The number of rotatable bonds is 10. The average Bonchev–Trinajstić information content (AvgIpc) is 3.88. The second kappa shape index (κ2) is 19.0. The molecule has 0 N–H and O–H groups in total. The van der Waals surface area contributed by atoms with Crippen molar-refractivity contribution in [2.75, 3.05) is 18.1 Å². The van der Waals surface area contributed by atoms with E-state index in [0.717, 1.165) is 28.2 Å². The van der Waals surface area contributed by atoms with Gasteiger partial charge in [0.05, 0.1) is 36.7 Å². The molecule has 0 saturated heterocycles. The van der Waals surface area contributed by atoms with E-state index >= 15 is 0 Å². The molecule has 2 heterocycles. The normalized spacial score (nSPS) is 15.2. The monoisotopic (exact) mass is 804 g/mol. The van der Waals surface area contributed by atoms with E-state index in [0.29, 0.717) is 22.3 Å². The van der Waals surface area contributed by atoms with Crippen LogP contribution in [0, 0.1) is 0 Å². The first-order valence-corrected chi connectivity index (χ1v) is 19.9. The molecule has 2 amide bonds. The molecular formula is C41H48N4O9S2. The number of hydrogen-bond donors (Lipinski definition) is 0. The van der Waals surface area contributed by atoms with Gasteiger partial charge in [-0.25, -0.2) is 24.5 Å². The van der Waals surface area contributed by atoms with E-state index in [9.17, 15) is 24.0 Å². The van der Waals surface area contributed by atoms with Crippen LogP contribution in [0.4, 0.5) is 19.9 Å². The fraction of sp³-hybridized carbons (Fsp3) is 0.415. The molecule has 0 aliphatic heterocycles. The Balaban J connectivity index is 0.000000254. The first-order valence-electron chi connectivity index (χ1n) is 18.1. The highest BCUT2D eigenvalue weighted by molar-refractivity contribution is 7.14. The second-order valence-corrected chi connectivity index (χ2v) is 16.3.